The van der Waals surface area contributed by atoms with E-state index in [1.54, 1.807) is 13.0 Å². The van der Waals surface area contributed by atoms with Crippen LogP contribution in [0.5, 0.6) is 0 Å². The number of thiophene rings is 1. The molecule has 1 aliphatic heterocycles. The lowest BCUT2D eigenvalue weighted by atomic mass is 10.0. The van der Waals surface area contributed by atoms with Crippen LogP contribution in [0.4, 0.5) is 5.69 Å². The highest BCUT2D eigenvalue weighted by Crippen LogP contribution is 2.31. The standard InChI is InChI=1S/C30H43NO7S/c1-3-5-6-10-25(33)20-11-13-22(14-12-20)31-21(15-18-28(31)35)8-7-9-23-16-17-27(39-23)30(37)38-19-26(34)29(36)24(32)4-2/h11-14,16-17,21,24-26,29,32-34,36H,3-10,15,18-19H2,1-2H3/t21-,24+,25-,26-,29+/m0/s1. The van der Waals surface area contributed by atoms with Crippen molar-refractivity contribution in [2.45, 2.75) is 109 Å². The molecule has 0 saturated carbocycles. The molecule has 0 radical (unpaired) electrons. The Kier molecular flexibility index (Phi) is 12.4. The number of ether oxygens (including phenoxy) is 1. The van der Waals surface area contributed by atoms with Crippen LogP contribution in [0.25, 0.3) is 0 Å². The lowest BCUT2D eigenvalue weighted by Gasteiger charge is -2.25. The summed E-state index contributed by atoms with van der Waals surface area (Å²) in [6.45, 7) is 3.43. The van der Waals surface area contributed by atoms with Gasteiger partial charge in [0.25, 0.3) is 0 Å². The third-order valence-corrected chi connectivity index (χ3v) is 8.50. The Bertz CT molecular complexity index is 1040. The minimum Gasteiger partial charge on any atom is -0.459 e. The van der Waals surface area contributed by atoms with E-state index in [-0.39, 0.29) is 18.4 Å². The number of carbonyl (C=O) groups excluding carboxylic acids is 2. The van der Waals surface area contributed by atoms with Gasteiger partial charge >= 0.3 is 5.97 Å². The van der Waals surface area contributed by atoms with Gasteiger partial charge in [-0.3, -0.25) is 4.79 Å². The second-order valence-electron chi connectivity index (χ2n) is 10.3. The monoisotopic (exact) mass is 561 g/mol. The van der Waals surface area contributed by atoms with Gasteiger partial charge in [-0.05, 0) is 68.4 Å². The molecule has 1 fully saturated rings. The Morgan fingerprint density at radius 1 is 1.03 bits per heavy atom. The van der Waals surface area contributed by atoms with Crippen molar-refractivity contribution in [3.8, 4) is 0 Å². The highest BCUT2D eigenvalue weighted by atomic mass is 32.1. The highest BCUT2D eigenvalue weighted by molar-refractivity contribution is 7.13. The normalized spacial score (nSPS) is 18.7. The van der Waals surface area contributed by atoms with Gasteiger partial charge in [0.1, 0.15) is 23.7 Å². The van der Waals surface area contributed by atoms with Crippen LogP contribution in [0.1, 0.15) is 97.9 Å². The summed E-state index contributed by atoms with van der Waals surface area (Å²) in [5, 5.41) is 39.8. The fraction of sp³-hybridized carbons (Fsp3) is 0.600. The molecule has 4 N–H and O–H groups in total. The van der Waals surface area contributed by atoms with Crippen molar-refractivity contribution in [2.24, 2.45) is 0 Å². The molecule has 8 nitrogen and oxygen atoms in total. The first-order valence-corrected chi connectivity index (χ1v) is 15.0. The molecule has 0 unspecified atom stereocenters. The number of amides is 1. The van der Waals surface area contributed by atoms with E-state index in [2.05, 4.69) is 6.92 Å². The molecule has 2 heterocycles. The molecule has 1 aromatic carbocycles. The molecule has 0 aliphatic carbocycles. The first-order chi connectivity index (χ1) is 18.7. The van der Waals surface area contributed by atoms with Gasteiger partial charge in [-0.25, -0.2) is 4.79 Å². The van der Waals surface area contributed by atoms with Crippen molar-refractivity contribution in [3.05, 3.63) is 51.7 Å². The van der Waals surface area contributed by atoms with E-state index >= 15 is 0 Å². The number of esters is 1. The number of unbranched alkanes of at least 4 members (excludes halogenated alkanes) is 2. The predicted molar refractivity (Wildman–Crippen MR) is 152 cm³/mol. The largest absolute Gasteiger partial charge is 0.459 e. The summed E-state index contributed by atoms with van der Waals surface area (Å²) >= 11 is 1.33. The highest BCUT2D eigenvalue weighted by Gasteiger charge is 2.32. The van der Waals surface area contributed by atoms with Crippen LogP contribution in [0.2, 0.25) is 0 Å². The summed E-state index contributed by atoms with van der Waals surface area (Å²) in [6.07, 6.45) is 3.77. The van der Waals surface area contributed by atoms with Gasteiger partial charge in [0, 0.05) is 23.0 Å². The number of aliphatic hydroxyl groups is 4. The summed E-state index contributed by atoms with van der Waals surface area (Å²) in [4.78, 5) is 28.4. The number of aliphatic hydroxyl groups excluding tert-OH is 4. The molecule has 5 atom stereocenters. The number of carbonyl (C=O) groups is 2. The zero-order valence-electron chi connectivity index (χ0n) is 23.0. The molecule has 3 rings (SSSR count). The van der Waals surface area contributed by atoms with Gasteiger partial charge < -0.3 is 30.1 Å². The molecular weight excluding hydrogens is 518 g/mol. The first kappa shape index (κ1) is 31.2. The SMILES string of the molecule is CCCCC[C@H](O)c1ccc(N2C(=O)CC[C@@H]2CCCc2ccc(C(=O)OC[C@H](O)[C@H](O)[C@H](O)CC)s2)cc1. The average molecular weight is 562 g/mol. The first-order valence-electron chi connectivity index (χ1n) is 14.1. The van der Waals surface area contributed by atoms with Crippen LogP contribution in [0.3, 0.4) is 0 Å². The molecule has 1 amide bonds. The second-order valence-corrected chi connectivity index (χ2v) is 11.5. The Hall–Kier alpha value is -2.30. The second kappa shape index (κ2) is 15.5. The maximum absolute atomic E-state index is 12.7. The van der Waals surface area contributed by atoms with E-state index in [1.807, 2.05) is 35.2 Å². The molecule has 1 aliphatic rings. The third kappa shape index (κ3) is 8.85. The lowest BCUT2D eigenvalue weighted by molar-refractivity contribution is -0.117. The van der Waals surface area contributed by atoms with E-state index in [4.69, 9.17) is 4.74 Å². The summed E-state index contributed by atoms with van der Waals surface area (Å²) in [5.41, 5.74) is 1.75. The Labute approximate surface area is 235 Å². The van der Waals surface area contributed by atoms with Crippen LogP contribution in [-0.4, -0.2) is 63.3 Å². The number of nitrogens with zero attached hydrogens (tertiary/aromatic N) is 1. The molecule has 39 heavy (non-hydrogen) atoms. The van der Waals surface area contributed by atoms with E-state index in [0.717, 1.165) is 67.5 Å². The fourth-order valence-electron chi connectivity index (χ4n) is 4.95. The van der Waals surface area contributed by atoms with Crippen molar-refractivity contribution in [3.63, 3.8) is 0 Å². The van der Waals surface area contributed by atoms with Gasteiger partial charge in [0.05, 0.1) is 12.2 Å². The quantitative estimate of drug-likeness (QED) is 0.175. The molecule has 2 aromatic rings. The molecule has 1 aromatic heterocycles. The number of hydrogen-bond acceptors (Lipinski definition) is 8. The minimum absolute atomic E-state index is 0.119. The molecule has 0 bridgehead atoms. The van der Waals surface area contributed by atoms with Crippen molar-refractivity contribution in [1.29, 1.82) is 0 Å². The van der Waals surface area contributed by atoms with Gasteiger partial charge in [-0.15, -0.1) is 11.3 Å². The van der Waals surface area contributed by atoms with Crippen molar-refractivity contribution >= 4 is 28.9 Å². The predicted octanol–water partition coefficient (Wildman–Crippen LogP) is 4.53. The molecular formula is C30H43NO7S. The van der Waals surface area contributed by atoms with Crippen LogP contribution < -0.4 is 4.90 Å². The zero-order valence-corrected chi connectivity index (χ0v) is 23.8. The zero-order chi connectivity index (χ0) is 28.4. The van der Waals surface area contributed by atoms with E-state index < -0.39 is 37.0 Å². The van der Waals surface area contributed by atoms with E-state index in [0.29, 0.717) is 11.3 Å². The van der Waals surface area contributed by atoms with Gasteiger partial charge in [0.15, 0.2) is 0 Å². The fourth-order valence-corrected chi connectivity index (χ4v) is 5.89. The summed E-state index contributed by atoms with van der Waals surface area (Å²) in [5.74, 6) is -0.453. The maximum Gasteiger partial charge on any atom is 0.348 e. The van der Waals surface area contributed by atoms with Gasteiger partial charge in [-0.2, -0.15) is 0 Å². The van der Waals surface area contributed by atoms with Crippen molar-refractivity contribution < 1.29 is 34.8 Å². The number of aryl methyl sites for hydroxylation is 1. The number of benzene rings is 1. The van der Waals surface area contributed by atoms with Gasteiger partial charge in [-0.1, -0.05) is 45.2 Å². The summed E-state index contributed by atoms with van der Waals surface area (Å²) in [6, 6.07) is 11.4. The lowest BCUT2D eigenvalue weighted by Crippen LogP contribution is -2.40. The van der Waals surface area contributed by atoms with Crippen LogP contribution in [0.15, 0.2) is 36.4 Å². The van der Waals surface area contributed by atoms with Crippen LogP contribution in [-0.2, 0) is 16.0 Å². The average Bonchev–Trinajstić information content (AvgIpc) is 3.57. The number of anilines is 1. The van der Waals surface area contributed by atoms with Gasteiger partial charge in [0.2, 0.25) is 5.91 Å². The summed E-state index contributed by atoms with van der Waals surface area (Å²) in [7, 11) is 0. The third-order valence-electron chi connectivity index (χ3n) is 7.38. The van der Waals surface area contributed by atoms with Crippen molar-refractivity contribution in [1.82, 2.24) is 0 Å². The summed E-state index contributed by atoms with van der Waals surface area (Å²) < 4.78 is 5.12. The number of hydrogen-bond donors (Lipinski definition) is 4. The van der Waals surface area contributed by atoms with Crippen molar-refractivity contribution in [2.75, 3.05) is 11.5 Å². The molecule has 216 valence electrons. The molecule has 0 spiro atoms. The van der Waals surface area contributed by atoms with Crippen LogP contribution >= 0.6 is 11.3 Å². The molecule has 1 saturated heterocycles. The van der Waals surface area contributed by atoms with Crippen LogP contribution in [0, 0.1) is 0 Å². The van der Waals surface area contributed by atoms with E-state index in [9.17, 15) is 30.0 Å². The Balaban J connectivity index is 1.48. The smallest absolute Gasteiger partial charge is 0.348 e. The molecule has 9 heteroatoms. The topological polar surface area (TPSA) is 128 Å². The van der Waals surface area contributed by atoms with E-state index in [1.165, 1.54) is 11.3 Å². The number of rotatable bonds is 16. The Morgan fingerprint density at radius 3 is 2.46 bits per heavy atom. The minimum atomic E-state index is -1.37. The maximum atomic E-state index is 12.7. The Morgan fingerprint density at radius 2 is 1.77 bits per heavy atom.